The quantitative estimate of drug-likeness (QED) is 0.199. The maximum atomic E-state index is 13.3. The number of pyridine rings is 1. The molecule has 0 bridgehead atoms. The van der Waals surface area contributed by atoms with E-state index in [1.165, 1.54) is 0 Å². The lowest BCUT2D eigenvalue weighted by molar-refractivity contribution is -0.137. The van der Waals surface area contributed by atoms with Gasteiger partial charge in [0, 0.05) is 50.2 Å². The largest absolute Gasteiger partial charge is 0.481 e. The number of carbonyl (C=O) groups excluding carboxylic acids is 2. The average molecular weight is 594 g/mol. The molecular formula is C35H39N5O4. The van der Waals surface area contributed by atoms with Gasteiger partial charge in [0.05, 0.1) is 17.8 Å². The maximum Gasteiger partial charge on any atom is 0.305 e. The number of anilines is 2. The third-order valence-corrected chi connectivity index (χ3v) is 7.23. The van der Waals surface area contributed by atoms with E-state index >= 15 is 0 Å². The molecule has 4 rings (SSSR count). The summed E-state index contributed by atoms with van der Waals surface area (Å²) in [5, 5.41) is 12.4. The zero-order valence-electron chi connectivity index (χ0n) is 25.4. The SMILES string of the molecule is CN(C)CCCN(C)c1ccc(-c2cccc(CN(CCC(=O)O)C(=O)c3ccccc3)c2)cc1NC(=O)c1ccncc1. The number of aromatic nitrogens is 1. The normalized spacial score (nSPS) is 10.8. The van der Waals surface area contributed by atoms with Crippen LogP contribution in [0.5, 0.6) is 0 Å². The van der Waals surface area contributed by atoms with Crippen LogP contribution in [-0.2, 0) is 11.3 Å². The zero-order chi connectivity index (χ0) is 31.5. The summed E-state index contributed by atoms with van der Waals surface area (Å²) >= 11 is 0. The number of carboxylic acids is 1. The van der Waals surface area contributed by atoms with E-state index in [4.69, 9.17) is 0 Å². The van der Waals surface area contributed by atoms with Gasteiger partial charge in [0.25, 0.3) is 11.8 Å². The molecule has 0 aliphatic heterocycles. The van der Waals surface area contributed by atoms with Crippen LogP contribution in [-0.4, -0.2) is 78.5 Å². The molecular weight excluding hydrogens is 554 g/mol. The number of carboxylic acid groups (broad SMARTS) is 1. The van der Waals surface area contributed by atoms with Crippen molar-refractivity contribution in [2.24, 2.45) is 0 Å². The van der Waals surface area contributed by atoms with Crippen LogP contribution in [0.15, 0.2) is 97.3 Å². The van der Waals surface area contributed by atoms with E-state index in [0.717, 1.165) is 41.9 Å². The monoisotopic (exact) mass is 593 g/mol. The molecule has 2 amide bonds. The Morgan fingerprint density at radius 2 is 1.50 bits per heavy atom. The molecule has 0 saturated carbocycles. The van der Waals surface area contributed by atoms with Crippen LogP contribution >= 0.6 is 0 Å². The van der Waals surface area contributed by atoms with Gasteiger partial charge in [0.15, 0.2) is 0 Å². The molecule has 2 N–H and O–H groups in total. The first-order valence-electron chi connectivity index (χ1n) is 14.6. The first kappa shape index (κ1) is 31.9. The lowest BCUT2D eigenvalue weighted by atomic mass is 10.0. The van der Waals surface area contributed by atoms with Crippen LogP contribution in [0.25, 0.3) is 11.1 Å². The molecule has 0 atom stereocenters. The summed E-state index contributed by atoms with van der Waals surface area (Å²) in [6.07, 6.45) is 3.99. The van der Waals surface area contributed by atoms with Gasteiger partial charge in [-0.1, -0.05) is 42.5 Å². The summed E-state index contributed by atoms with van der Waals surface area (Å²) in [6, 6.07) is 26.1. The molecule has 1 aromatic heterocycles. The first-order valence-corrected chi connectivity index (χ1v) is 14.6. The van der Waals surface area contributed by atoms with Crippen molar-refractivity contribution in [3.63, 3.8) is 0 Å². The Balaban J connectivity index is 1.62. The lowest BCUT2D eigenvalue weighted by Crippen LogP contribution is -2.32. The Morgan fingerprint density at radius 3 is 2.20 bits per heavy atom. The molecule has 9 heteroatoms. The second-order valence-corrected chi connectivity index (χ2v) is 10.9. The van der Waals surface area contributed by atoms with E-state index < -0.39 is 5.97 Å². The minimum Gasteiger partial charge on any atom is -0.481 e. The highest BCUT2D eigenvalue weighted by molar-refractivity contribution is 6.06. The molecule has 1 heterocycles. The van der Waals surface area contributed by atoms with Gasteiger partial charge < -0.3 is 25.1 Å². The first-order chi connectivity index (χ1) is 21.2. The van der Waals surface area contributed by atoms with Gasteiger partial charge in [0.2, 0.25) is 0 Å². The van der Waals surface area contributed by atoms with Crippen molar-refractivity contribution >= 4 is 29.2 Å². The van der Waals surface area contributed by atoms with Gasteiger partial charge in [0.1, 0.15) is 0 Å². The van der Waals surface area contributed by atoms with Crippen LogP contribution in [0.4, 0.5) is 11.4 Å². The van der Waals surface area contributed by atoms with Crippen molar-refractivity contribution in [1.29, 1.82) is 0 Å². The Kier molecular flexibility index (Phi) is 11.2. The average Bonchev–Trinajstić information content (AvgIpc) is 3.03. The van der Waals surface area contributed by atoms with Gasteiger partial charge >= 0.3 is 5.97 Å². The number of nitrogens with one attached hydrogen (secondary N) is 1. The number of hydrogen-bond acceptors (Lipinski definition) is 6. The van der Waals surface area contributed by atoms with Crippen molar-refractivity contribution in [3.05, 3.63) is 114 Å². The topological polar surface area (TPSA) is 106 Å². The van der Waals surface area contributed by atoms with Gasteiger partial charge in [-0.2, -0.15) is 0 Å². The van der Waals surface area contributed by atoms with Gasteiger partial charge in [-0.3, -0.25) is 19.4 Å². The van der Waals surface area contributed by atoms with Gasteiger partial charge in [-0.05, 0) is 86.2 Å². The number of amides is 2. The van der Waals surface area contributed by atoms with Crippen LogP contribution in [0.1, 0.15) is 39.1 Å². The summed E-state index contributed by atoms with van der Waals surface area (Å²) in [6.45, 7) is 2.11. The standard InChI is InChI=1S/C35H39N5O4/c1-38(2)20-8-21-39(3)32-14-13-30(24-31(32)37-34(43)27-15-18-36-19-16-27)29-12-7-9-26(23-29)25-40(22-17-33(41)42)35(44)28-10-5-4-6-11-28/h4-7,9-16,18-19,23-24H,8,17,20-22,25H2,1-3H3,(H,37,43)(H,41,42). The molecule has 44 heavy (non-hydrogen) atoms. The maximum absolute atomic E-state index is 13.3. The number of nitrogens with zero attached hydrogens (tertiary/aromatic N) is 4. The Bertz CT molecular complexity index is 1560. The van der Waals surface area contributed by atoms with Crippen LogP contribution in [0, 0.1) is 0 Å². The minimum atomic E-state index is -0.960. The molecule has 0 aliphatic rings. The number of hydrogen-bond donors (Lipinski definition) is 2. The van der Waals surface area contributed by atoms with E-state index in [0.29, 0.717) is 16.8 Å². The zero-order valence-corrected chi connectivity index (χ0v) is 25.4. The lowest BCUT2D eigenvalue weighted by Gasteiger charge is -2.24. The third kappa shape index (κ3) is 8.99. The van der Waals surface area contributed by atoms with Crippen molar-refractivity contribution < 1.29 is 19.5 Å². The summed E-state index contributed by atoms with van der Waals surface area (Å²) in [5.74, 6) is -1.41. The second-order valence-electron chi connectivity index (χ2n) is 10.9. The number of benzene rings is 3. The highest BCUT2D eigenvalue weighted by Gasteiger charge is 2.18. The molecule has 0 fully saturated rings. The van der Waals surface area contributed by atoms with Crippen molar-refractivity contribution in [2.45, 2.75) is 19.4 Å². The number of aliphatic carboxylic acids is 1. The Morgan fingerprint density at radius 1 is 0.773 bits per heavy atom. The molecule has 0 unspecified atom stereocenters. The van der Waals surface area contributed by atoms with E-state index in [2.05, 4.69) is 20.1 Å². The highest BCUT2D eigenvalue weighted by Crippen LogP contribution is 2.32. The molecule has 0 spiro atoms. The molecule has 4 aromatic rings. The van der Waals surface area contributed by atoms with Crippen LogP contribution < -0.4 is 10.2 Å². The van der Waals surface area contributed by atoms with Gasteiger partial charge in [-0.25, -0.2) is 0 Å². The second kappa shape index (κ2) is 15.5. The summed E-state index contributed by atoms with van der Waals surface area (Å²) in [7, 11) is 6.11. The third-order valence-electron chi connectivity index (χ3n) is 7.23. The Labute approximate surface area is 258 Å². The number of rotatable bonds is 14. The van der Waals surface area contributed by atoms with Gasteiger partial charge in [-0.15, -0.1) is 0 Å². The molecule has 228 valence electrons. The van der Waals surface area contributed by atoms with Crippen LogP contribution in [0.3, 0.4) is 0 Å². The fourth-order valence-electron chi connectivity index (χ4n) is 4.91. The van der Waals surface area contributed by atoms with E-state index in [-0.39, 0.29) is 31.3 Å². The van der Waals surface area contributed by atoms with E-state index in [9.17, 15) is 19.5 Å². The highest BCUT2D eigenvalue weighted by atomic mass is 16.4. The predicted molar refractivity (Wildman–Crippen MR) is 174 cm³/mol. The summed E-state index contributed by atoms with van der Waals surface area (Å²) < 4.78 is 0. The smallest absolute Gasteiger partial charge is 0.305 e. The predicted octanol–water partition coefficient (Wildman–Crippen LogP) is 5.51. The van der Waals surface area contributed by atoms with Crippen molar-refractivity contribution in [1.82, 2.24) is 14.8 Å². The fourth-order valence-corrected chi connectivity index (χ4v) is 4.91. The molecule has 0 radical (unpaired) electrons. The minimum absolute atomic E-state index is 0.0906. The molecule has 9 nitrogen and oxygen atoms in total. The van der Waals surface area contributed by atoms with Crippen molar-refractivity contribution in [2.75, 3.05) is 51.0 Å². The number of carbonyl (C=O) groups is 3. The Hall–Kier alpha value is -5.02. The fraction of sp³-hybridized carbons (Fsp3) is 0.257. The molecule has 3 aromatic carbocycles. The molecule has 0 saturated heterocycles. The van der Waals surface area contributed by atoms with Crippen LogP contribution in [0.2, 0.25) is 0 Å². The van der Waals surface area contributed by atoms with Crippen molar-refractivity contribution in [3.8, 4) is 11.1 Å². The summed E-state index contributed by atoms with van der Waals surface area (Å²) in [4.78, 5) is 47.6. The summed E-state index contributed by atoms with van der Waals surface area (Å²) in [5.41, 5.74) is 5.28. The van der Waals surface area contributed by atoms with E-state index in [1.54, 1.807) is 53.7 Å². The molecule has 0 aliphatic carbocycles. The van der Waals surface area contributed by atoms with E-state index in [1.807, 2.05) is 69.7 Å².